The lowest BCUT2D eigenvalue weighted by molar-refractivity contribution is -0.142. The van der Waals surface area contributed by atoms with Crippen molar-refractivity contribution in [1.82, 2.24) is 10.2 Å². The van der Waals surface area contributed by atoms with Gasteiger partial charge in [0.15, 0.2) is 0 Å². The molecule has 0 saturated heterocycles. The summed E-state index contributed by atoms with van der Waals surface area (Å²) < 4.78 is 0. The molecule has 5 heteroatoms. The summed E-state index contributed by atoms with van der Waals surface area (Å²) in [6, 6.07) is 0.345. The quantitative estimate of drug-likeness (QED) is 0.806. The first-order valence-electron chi connectivity index (χ1n) is 7.29. The fourth-order valence-electron chi connectivity index (χ4n) is 2.62. The predicted molar refractivity (Wildman–Crippen MR) is 74.0 cm³/mol. The molecule has 0 aromatic rings. The molecule has 1 fully saturated rings. The maximum absolute atomic E-state index is 12.2. The predicted octanol–water partition coefficient (Wildman–Crippen LogP) is 2.46. The molecule has 110 valence electrons. The van der Waals surface area contributed by atoms with Gasteiger partial charge in [0, 0.05) is 18.6 Å². The van der Waals surface area contributed by atoms with Gasteiger partial charge in [0.25, 0.3) is 0 Å². The lowest BCUT2D eigenvalue weighted by Crippen LogP contribution is -2.49. The van der Waals surface area contributed by atoms with Crippen LogP contribution in [0.15, 0.2) is 0 Å². The number of aliphatic carboxylic acids is 1. The summed E-state index contributed by atoms with van der Waals surface area (Å²) >= 11 is 0. The van der Waals surface area contributed by atoms with E-state index in [1.54, 1.807) is 0 Å². The lowest BCUT2D eigenvalue weighted by atomic mass is 9.86. The van der Waals surface area contributed by atoms with Crippen molar-refractivity contribution < 1.29 is 14.7 Å². The minimum atomic E-state index is -0.709. The van der Waals surface area contributed by atoms with Gasteiger partial charge in [-0.15, -0.1) is 0 Å². The molecule has 0 heterocycles. The second-order valence-electron chi connectivity index (χ2n) is 5.38. The van der Waals surface area contributed by atoms with Crippen molar-refractivity contribution in [2.24, 2.45) is 5.92 Å². The molecule has 1 aliphatic rings. The molecule has 2 N–H and O–H groups in total. The molecule has 1 atom stereocenters. The number of urea groups is 1. The molecular formula is C14H26N2O3. The third-order valence-electron chi connectivity index (χ3n) is 4.13. The minimum Gasteiger partial charge on any atom is -0.481 e. The molecule has 0 spiro atoms. The first-order chi connectivity index (χ1) is 8.99. The highest BCUT2D eigenvalue weighted by molar-refractivity contribution is 5.75. The summed E-state index contributed by atoms with van der Waals surface area (Å²) in [6.07, 6.45) is 3.79. The number of rotatable bonds is 5. The molecule has 1 rings (SSSR count). The molecule has 19 heavy (non-hydrogen) atoms. The summed E-state index contributed by atoms with van der Waals surface area (Å²) in [4.78, 5) is 24.9. The van der Waals surface area contributed by atoms with E-state index in [4.69, 9.17) is 5.11 Å². The summed E-state index contributed by atoms with van der Waals surface area (Å²) in [5, 5.41) is 12.0. The van der Waals surface area contributed by atoms with Crippen molar-refractivity contribution in [3.05, 3.63) is 0 Å². The van der Waals surface area contributed by atoms with E-state index < -0.39 is 5.97 Å². The van der Waals surface area contributed by atoms with Crippen LogP contribution in [0.1, 0.15) is 52.9 Å². The van der Waals surface area contributed by atoms with Crippen LogP contribution in [-0.2, 0) is 4.79 Å². The standard InChI is InChI=1S/C14H26N2O3/c1-4-10(3)16(5-2)14(19)15-12-8-6-11(7-9-12)13(17)18/h10-12H,4-9H2,1-3H3,(H,15,19)(H,17,18). The molecule has 0 aromatic heterocycles. The average molecular weight is 270 g/mol. The minimum absolute atomic E-state index is 0.0179. The molecule has 5 nitrogen and oxygen atoms in total. The van der Waals surface area contributed by atoms with Crippen LogP contribution in [0.3, 0.4) is 0 Å². The van der Waals surface area contributed by atoms with Gasteiger partial charge in [0.1, 0.15) is 0 Å². The number of carboxylic acids is 1. The lowest BCUT2D eigenvalue weighted by Gasteiger charge is -2.32. The zero-order valence-electron chi connectivity index (χ0n) is 12.2. The highest BCUT2D eigenvalue weighted by atomic mass is 16.4. The zero-order valence-corrected chi connectivity index (χ0v) is 12.2. The Morgan fingerprint density at radius 3 is 2.26 bits per heavy atom. The number of hydrogen-bond acceptors (Lipinski definition) is 2. The molecule has 2 amide bonds. The van der Waals surface area contributed by atoms with Crippen molar-refractivity contribution in [2.45, 2.75) is 65.0 Å². The number of nitrogens with zero attached hydrogens (tertiary/aromatic N) is 1. The second-order valence-corrected chi connectivity index (χ2v) is 5.38. The fourth-order valence-corrected chi connectivity index (χ4v) is 2.62. The van der Waals surface area contributed by atoms with Crippen LogP contribution in [0, 0.1) is 5.92 Å². The number of carboxylic acid groups (broad SMARTS) is 1. The van der Waals surface area contributed by atoms with Crippen LogP contribution < -0.4 is 5.32 Å². The number of nitrogens with one attached hydrogen (secondary N) is 1. The van der Waals surface area contributed by atoms with Crippen LogP contribution >= 0.6 is 0 Å². The Hall–Kier alpha value is -1.26. The van der Waals surface area contributed by atoms with Crippen LogP contribution in [-0.4, -0.2) is 40.6 Å². The summed E-state index contributed by atoms with van der Waals surface area (Å²) in [5.41, 5.74) is 0. The Kier molecular flexibility index (Phi) is 6.12. The van der Waals surface area contributed by atoms with E-state index >= 15 is 0 Å². The van der Waals surface area contributed by atoms with E-state index in [1.807, 2.05) is 18.7 Å². The highest BCUT2D eigenvalue weighted by Crippen LogP contribution is 2.24. The monoisotopic (exact) mass is 270 g/mol. The molecule has 1 saturated carbocycles. The van der Waals surface area contributed by atoms with Crippen molar-refractivity contribution in [3.8, 4) is 0 Å². The Bertz CT molecular complexity index is 312. The van der Waals surface area contributed by atoms with Crippen LogP contribution in [0.5, 0.6) is 0 Å². The summed E-state index contributed by atoms with van der Waals surface area (Å²) in [5.74, 6) is -0.940. The summed E-state index contributed by atoms with van der Waals surface area (Å²) in [7, 11) is 0. The summed E-state index contributed by atoms with van der Waals surface area (Å²) in [6.45, 7) is 6.79. The fraction of sp³-hybridized carbons (Fsp3) is 0.857. The van der Waals surface area contributed by atoms with Crippen molar-refractivity contribution in [3.63, 3.8) is 0 Å². The van der Waals surface area contributed by atoms with Gasteiger partial charge in [0.05, 0.1) is 5.92 Å². The maximum Gasteiger partial charge on any atom is 0.317 e. The molecule has 1 aliphatic carbocycles. The molecule has 0 bridgehead atoms. The number of carbonyl (C=O) groups excluding carboxylic acids is 1. The Balaban J connectivity index is 2.43. The Morgan fingerprint density at radius 2 is 1.84 bits per heavy atom. The Labute approximate surface area is 115 Å². The maximum atomic E-state index is 12.2. The van der Waals surface area contributed by atoms with E-state index in [0.717, 1.165) is 19.3 Å². The van der Waals surface area contributed by atoms with Crippen molar-refractivity contribution >= 4 is 12.0 Å². The zero-order chi connectivity index (χ0) is 14.4. The van der Waals surface area contributed by atoms with Gasteiger partial charge >= 0.3 is 12.0 Å². The van der Waals surface area contributed by atoms with Crippen LogP contribution in [0.25, 0.3) is 0 Å². The van der Waals surface area contributed by atoms with E-state index in [0.29, 0.717) is 19.4 Å². The van der Waals surface area contributed by atoms with E-state index in [9.17, 15) is 9.59 Å². The topological polar surface area (TPSA) is 69.6 Å². The molecule has 0 aromatic carbocycles. The molecule has 1 unspecified atom stereocenters. The largest absolute Gasteiger partial charge is 0.481 e. The van der Waals surface area contributed by atoms with Gasteiger partial charge in [-0.3, -0.25) is 4.79 Å². The number of carbonyl (C=O) groups is 2. The Morgan fingerprint density at radius 1 is 1.26 bits per heavy atom. The molecule has 0 radical (unpaired) electrons. The molecular weight excluding hydrogens is 244 g/mol. The third kappa shape index (κ3) is 4.40. The van der Waals surface area contributed by atoms with Crippen molar-refractivity contribution in [1.29, 1.82) is 0 Å². The third-order valence-corrected chi connectivity index (χ3v) is 4.13. The van der Waals surface area contributed by atoms with E-state index in [-0.39, 0.29) is 24.0 Å². The van der Waals surface area contributed by atoms with Gasteiger partial charge in [-0.25, -0.2) is 4.79 Å². The van der Waals surface area contributed by atoms with Gasteiger partial charge in [0.2, 0.25) is 0 Å². The number of hydrogen-bond donors (Lipinski definition) is 2. The first kappa shape index (κ1) is 15.8. The van der Waals surface area contributed by atoms with Crippen LogP contribution in [0.4, 0.5) is 4.79 Å². The molecule has 0 aliphatic heterocycles. The SMILES string of the molecule is CCC(C)N(CC)C(=O)NC1CCC(C(=O)O)CC1. The first-order valence-corrected chi connectivity index (χ1v) is 7.29. The van der Waals surface area contributed by atoms with Gasteiger partial charge in [-0.2, -0.15) is 0 Å². The van der Waals surface area contributed by atoms with Crippen LogP contribution in [0.2, 0.25) is 0 Å². The second kappa shape index (κ2) is 7.36. The van der Waals surface area contributed by atoms with E-state index in [2.05, 4.69) is 12.2 Å². The van der Waals surface area contributed by atoms with Gasteiger partial charge < -0.3 is 15.3 Å². The van der Waals surface area contributed by atoms with Crippen molar-refractivity contribution in [2.75, 3.05) is 6.54 Å². The average Bonchev–Trinajstić information content (AvgIpc) is 2.39. The van der Waals surface area contributed by atoms with Gasteiger partial charge in [-0.05, 0) is 46.0 Å². The normalized spacial score (nSPS) is 24.6. The van der Waals surface area contributed by atoms with Gasteiger partial charge in [-0.1, -0.05) is 6.92 Å². The smallest absolute Gasteiger partial charge is 0.317 e. The van der Waals surface area contributed by atoms with E-state index in [1.165, 1.54) is 0 Å². The number of amides is 2. The highest BCUT2D eigenvalue weighted by Gasteiger charge is 2.28.